The molecule has 142 valence electrons. The van der Waals surface area contributed by atoms with E-state index in [0.717, 1.165) is 36.3 Å². The molecule has 0 saturated heterocycles. The lowest BCUT2D eigenvalue weighted by Crippen LogP contribution is -2.24. The van der Waals surface area contributed by atoms with E-state index in [0.29, 0.717) is 10.8 Å². The van der Waals surface area contributed by atoms with Crippen molar-refractivity contribution >= 4 is 46.7 Å². The number of nitrogens with one attached hydrogen (secondary N) is 2. The van der Waals surface area contributed by atoms with Gasteiger partial charge in [-0.05, 0) is 43.2 Å². The predicted molar refractivity (Wildman–Crippen MR) is 110 cm³/mol. The molecule has 27 heavy (non-hydrogen) atoms. The first-order chi connectivity index (χ1) is 13.1. The van der Waals surface area contributed by atoms with Crippen molar-refractivity contribution in [1.82, 2.24) is 4.98 Å². The van der Waals surface area contributed by atoms with Gasteiger partial charge in [0.05, 0.1) is 10.8 Å². The average molecular weight is 404 g/mol. The fourth-order valence-corrected chi connectivity index (χ4v) is 3.92. The zero-order chi connectivity index (χ0) is 19.1. The van der Waals surface area contributed by atoms with Crippen molar-refractivity contribution in [2.75, 3.05) is 16.4 Å². The number of anilines is 2. The normalized spacial score (nSPS) is 14.6. The van der Waals surface area contributed by atoms with Gasteiger partial charge in [-0.25, -0.2) is 4.98 Å². The first kappa shape index (κ1) is 19.7. The minimum Gasteiger partial charge on any atom is -0.326 e. The molecule has 0 aliphatic heterocycles. The van der Waals surface area contributed by atoms with Gasteiger partial charge < -0.3 is 10.6 Å². The van der Waals surface area contributed by atoms with Gasteiger partial charge in [-0.15, -0.1) is 11.8 Å². The molecule has 1 saturated carbocycles. The summed E-state index contributed by atoms with van der Waals surface area (Å²) in [5.41, 5.74) is 0.773. The van der Waals surface area contributed by atoms with Crippen LogP contribution in [0.3, 0.4) is 0 Å². The van der Waals surface area contributed by atoms with Crippen molar-refractivity contribution in [2.24, 2.45) is 5.92 Å². The topological polar surface area (TPSA) is 71.1 Å². The maximum absolute atomic E-state index is 12.4. The van der Waals surface area contributed by atoms with E-state index in [1.165, 1.54) is 24.4 Å². The second-order valence-corrected chi connectivity index (χ2v) is 8.04. The molecule has 2 amide bonds. The van der Waals surface area contributed by atoms with Gasteiger partial charge in [0, 0.05) is 22.7 Å². The van der Waals surface area contributed by atoms with Crippen LogP contribution in [0.25, 0.3) is 0 Å². The Morgan fingerprint density at radius 3 is 2.67 bits per heavy atom. The van der Waals surface area contributed by atoms with Crippen LogP contribution in [0.15, 0.2) is 47.5 Å². The Kier molecular flexibility index (Phi) is 7.12. The standard InChI is InChI=1S/C20H22ClN3O2S/c21-15-9-10-18(22-12-15)24-19(25)13-27-17-8-4-7-16(11-17)23-20(26)14-5-2-1-3-6-14/h4,7-12,14H,1-3,5-6,13H2,(H,23,26)(H,22,24,25). The van der Waals surface area contributed by atoms with E-state index in [1.54, 1.807) is 12.1 Å². The number of amides is 2. The molecule has 1 aliphatic carbocycles. The quantitative estimate of drug-likeness (QED) is 0.667. The smallest absolute Gasteiger partial charge is 0.235 e. The van der Waals surface area contributed by atoms with Crippen molar-refractivity contribution in [3.05, 3.63) is 47.6 Å². The van der Waals surface area contributed by atoms with E-state index in [4.69, 9.17) is 11.6 Å². The van der Waals surface area contributed by atoms with E-state index in [9.17, 15) is 9.59 Å². The van der Waals surface area contributed by atoms with E-state index in [1.807, 2.05) is 24.3 Å². The van der Waals surface area contributed by atoms with Crippen molar-refractivity contribution in [1.29, 1.82) is 0 Å². The highest BCUT2D eigenvalue weighted by atomic mass is 35.5. The maximum atomic E-state index is 12.4. The molecule has 0 spiro atoms. The van der Waals surface area contributed by atoms with Crippen LogP contribution in [0.4, 0.5) is 11.5 Å². The predicted octanol–water partition coefficient (Wildman–Crippen LogP) is 4.98. The number of hydrogen-bond donors (Lipinski definition) is 2. The van der Waals surface area contributed by atoms with Crippen LogP contribution in [0.2, 0.25) is 5.02 Å². The molecule has 1 aromatic carbocycles. The Labute approximate surface area is 168 Å². The molecule has 1 heterocycles. The minimum absolute atomic E-state index is 0.100. The first-order valence-electron chi connectivity index (χ1n) is 9.05. The monoisotopic (exact) mass is 403 g/mol. The summed E-state index contributed by atoms with van der Waals surface area (Å²) in [5, 5.41) is 6.26. The average Bonchev–Trinajstić information content (AvgIpc) is 2.69. The van der Waals surface area contributed by atoms with Gasteiger partial charge in [-0.2, -0.15) is 0 Å². The van der Waals surface area contributed by atoms with E-state index < -0.39 is 0 Å². The summed E-state index contributed by atoms with van der Waals surface area (Å²) in [6.45, 7) is 0. The summed E-state index contributed by atoms with van der Waals surface area (Å²) in [5.74, 6) is 0.797. The van der Waals surface area contributed by atoms with Crippen LogP contribution in [-0.4, -0.2) is 22.6 Å². The molecule has 0 unspecified atom stereocenters. The number of hydrogen-bond acceptors (Lipinski definition) is 4. The lowest BCUT2D eigenvalue weighted by molar-refractivity contribution is -0.120. The lowest BCUT2D eigenvalue weighted by atomic mass is 9.88. The van der Waals surface area contributed by atoms with Crippen molar-refractivity contribution in [3.63, 3.8) is 0 Å². The number of carbonyl (C=O) groups is 2. The molecular weight excluding hydrogens is 382 g/mol. The lowest BCUT2D eigenvalue weighted by Gasteiger charge is -2.20. The zero-order valence-corrected chi connectivity index (χ0v) is 16.5. The van der Waals surface area contributed by atoms with E-state index in [-0.39, 0.29) is 23.5 Å². The Morgan fingerprint density at radius 2 is 1.93 bits per heavy atom. The number of thioether (sulfide) groups is 1. The number of halogens is 1. The zero-order valence-electron chi connectivity index (χ0n) is 14.9. The molecule has 1 fully saturated rings. The molecule has 2 aromatic rings. The number of aromatic nitrogens is 1. The van der Waals surface area contributed by atoms with Gasteiger partial charge in [0.1, 0.15) is 5.82 Å². The highest BCUT2D eigenvalue weighted by Gasteiger charge is 2.21. The third-order valence-corrected chi connectivity index (χ3v) is 5.66. The third kappa shape index (κ3) is 6.26. The molecule has 5 nitrogen and oxygen atoms in total. The SMILES string of the molecule is O=C(CSc1cccc(NC(=O)C2CCCCC2)c1)Nc1ccc(Cl)cn1. The van der Waals surface area contributed by atoms with E-state index in [2.05, 4.69) is 15.6 Å². The van der Waals surface area contributed by atoms with Crippen LogP contribution in [0, 0.1) is 5.92 Å². The summed E-state index contributed by atoms with van der Waals surface area (Å²) in [6.07, 6.45) is 6.92. The fraction of sp³-hybridized carbons (Fsp3) is 0.350. The van der Waals surface area contributed by atoms with Gasteiger partial charge in [0.25, 0.3) is 0 Å². The van der Waals surface area contributed by atoms with Gasteiger partial charge >= 0.3 is 0 Å². The Hall–Kier alpha value is -2.05. The number of carbonyl (C=O) groups excluding carboxylic acids is 2. The molecule has 0 bridgehead atoms. The molecule has 3 rings (SSSR count). The summed E-state index contributed by atoms with van der Waals surface area (Å²) in [7, 11) is 0. The first-order valence-corrected chi connectivity index (χ1v) is 10.4. The summed E-state index contributed by atoms with van der Waals surface area (Å²) < 4.78 is 0. The minimum atomic E-state index is -0.147. The van der Waals surface area contributed by atoms with Crippen LogP contribution >= 0.6 is 23.4 Å². The van der Waals surface area contributed by atoms with Gasteiger partial charge in [0.15, 0.2) is 0 Å². The summed E-state index contributed by atoms with van der Waals surface area (Å²) in [4.78, 5) is 29.4. The number of rotatable bonds is 6. The Bertz CT molecular complexity index is 792. The molecule has 0 atom stereocenters. The van der Waals surface area contributed by atoms with Crippen LogP contribution in [0.1, 0.15) is 32.1 Å². The fourth-order valence-electron chi connectivity index (χ4n) is 3.05. The molecule has 1 aliphatic rings. The maximum Gasteiger partial charge on any atom is 0.235 e. The highest BCUT2D eigenvalue weighted by molar-refractivity contribution is 8.00. The van der Waals surface area contributed by atoms with Crippen molar-refractivity contribution in [2.45, 2.75) is 37.0 Å². The molecule has 7 heteroatoms. The second kappa shape index (κ2) is 9.76. The third-order valence-electron chi connectivity index (χ3n) is 4.44. The summed E-state index contributed by atoms with van der Waals surface area (Å²) in [6, 6.07) is 10.9. The largest absolute Gasteiger partial charge is 0.326 e. The van der Waals surface area contributed by atoms with Crippen molar-refractivity contribution < 1.29 is 9.59 Å². The Balaban J connectivity index is 1.50. The van der Waals surface area contributed by atoms with E-state index >= 15 is 0 Å². The Morgan fingerprint density at radius 1 is 1.11 bits per heavy atom. The van der Waals surface area contributed by atoms with Gasteiger partial charge in [0.2, 0.25) is 11.8 Å². The van der Waals surface area contributed by atoms with Crippen LogP contribution in [0.5, 0.6) is 0 Å². The van der Waals surface area contributed by atoms with Gasteiger partial charge in [-0.3, -0.25) is 9.59 Å². The number of pyridine rings is 1. The van der Waals surface area contributed by atoms with Crippen LogP contribution in [-0.2, 0) is 9.59 Å². The number of benzene rings is 1. The van der Waals surface area contributed by atoms with Crippen LogP contribution < -0.4 is 10.6 Å². The second-order valence-electron chi connectivity index (χ2n) is 6.55. The highest BCUT2D eigenvalue weighted by Crippen LogP contribution is 2.26. The van der Waals surface area contributed by atoms with Gasteiger partial charge in [-0.1, -0.05) is 36.9 Å². The molecule has 0 radical (unpaired) electrons. The molecular formula is C20H22ClN3O2S. The number of nitrogens with zero attached hydrogens (tertiary/aromatic N) is 1. The molecule has 1 aromatic heterocycles. The summed E-state index contributed by atoms with van der Waals surface area (Å²) >= 11 is 7.19. The van der Waals surface area contributed by atoms with Crippen molar-refractivity contribution in [3.8, 4) is 0 Å². The molecule has 2 N–H and O–H groups in total.